The second kappa shape index (κ2) is 14.1. The number of rotatable bonds is 8. The van der Waals surface area contributed by atoms with E-state index in [1.54, 1.807) is 27.7 Å². The van der Waals surface area contributed by atoms with Crippen LogP contribution in [0.4, 0.5) is 0 Å². The number of esters is 4. The van der Waals surface area contributed by atoms with Crippen LogP contribution in [0.25, 0.3) is 0 Å². The lowest BCUT2D eigenvalue weighted by Crippen LogP contribution is -2.55. The molecule has 14 nitrogen and oxygen atoms in total. The molecule has 4 aliphatic heterocycles. The van der Waals surface area contributed by atoms with Crippen LogP contribution in [0.3, 0.4) is 0 Å². The monoisotopic (exact) mass is 793 g/mol. The first-order valence-electron chi connectivity index (χ1n) is 20.5. The molecule has 5 aliphatic rings. The molecule has 4 saturated heterocycles. The van der Waals surface area contributed by atoms with E-state index >= 15 is 0 Å². The van der Waals surface area contributed by atoms with Crippen molar-refractivity contribution in [1.82, 2.24) is 20.8 Å². The summed E-state index contributed by atoms with van der Waals surface area (Å²) >= 11 is 0. The molecule has 0 radical (unpaired) electrons. The van der Waals surface area contributed by atoms with Crippen molar-refractivity contribution >= 4 is 23.9 Å². The Labute approximate surface area is 334 Å². The van der Waals surface area contributed by atoms with E-state index in [-0.39, 0.29) is 23.9 Å². The second-order valence-electron chi connectivity index (χ2n) is 22.4. The zero-order valence-electron chi connectivity index (χ0n) is 36.9. The van der Waals surface area contributed by atoms with Crippen molar-refractivity contribution < 1.29 is 48.5 Å². The fourth-order valence-corrected chi connectivity index (χ4v) is 11.1. The SMILES string of the molecule is CC1(C)CC(C(=O)OC2CC(OC(=O)C3CC(C)(C)N(O)C3(C)C)C(OC(=O)C3CC(C)(C)NC3(C)C)CC2OC(=O)C2CC(C)(C)N(O)C2(C)C)C(C)(C)N1. The van der Waals surface area contributed by atoms with E-state index in [2.05, 4.69) is 10.6 Å². The fraction of sp³-hybridized carbons (Fsp3) is 0.905. The molecule has 8 unspecified atom stereocenters. The van der Waals surface area contributed by atoms with Gasteiger partial charge in [0, 0.05) is 46.1 Å². The van der Waals surface area contributed by atoms with Gasteiger partial charge in [0.1, 0.15) is 24.4 Å². The van der Waals surface area contributed by atoms with Crippen LogP contribution < -0.4 is 10.6 Å². The summed E-state index contributed by atoms with van der Waals surface area (Å²) in [5.41, 5.74) is -5.21. The highest BCUT2D eigenvalue weighted by Crippen LogP contribution is 2.47. The summed E-state index contributed by atoms with van der Waals surface area (Å²) in [5, 5.41) is 31.5. The Morgan fingerprint density at radius 3 is 0.893 bits per heavy atom. The van der Waals surface area contributed by atoms with E-state index in [9.17, 15) is 29.6 Å². The van der Waals surface area contributed by atoms with Gasteiger partial charge in [-0.15, -0.1) is 0 Å². The fourth-order valence-electron chi connectivity index (χ4n) is 11.1. The molecule has 1 aliphatic carbocycles. The van der Waals surface area contributed by atoms with Crippen molar-refractivity contribution in [1.29, 1.82) is 0 Å². The Balaban J connectivity index is 1.50. The quantitative estimate of drug-likeness (QED) is 0.184. The maximum absolute atomic E-state index is 14.2. The smallest absolute Gasteiger partial charge is 0.311 e. The van der Waals surface area contributed by atoms with Gasteiger partial charge >= 0.3 is 23.9 Å². The summed E-state index contributed by atoms with van der Waals surface area (Å²) < 4.78 is 25.3. The lowest BCUT2D eigenvalue weighted by Gasteiger charge is -2.42. The zero-order chi connectivity index (χ0) is 42.6. The summed E-state index contributed by atoms with van der Waals surface area (Å²) in [4.78, 5) is 56.7. The minimum Gasteiger partial charge on any atom is -0.458 e. The van der Waals surface area contributed by atoms with Gasteiger partial charge in [0.05, 0.1) is 34.7 Å². The Morgan fingerprint density at radius 2 is 0.696 bits per heavy atom. The molecule has 0 aromatic carbocycles. The summed E-state index contributed by atoms with van der Waals surface area (Å²) in [6.45, 7) is 30.4. The molecule has 0 amide bonds. The van der Waals surface area contributed by atoms with Gasteiger partial charge < -0.3 is 40.0 Å². The van der Waals surface area contributed by atoms with Gasteiger partial charge in [-0.2, -0.15) is 10.1 Å². The number of hydrogen-bond donors (Lipinski definition) is 4. The molecule has 4 N–H and O–H groups in total. The van der Waals surface area contributed by atoms with Crippen LogP contribution in [0, 0.1) is 23.7 Å². The van der Waals surface area contributed by atoms with Gasteiger partial charge in [0.15, 0.2) is 0 Å². The van der Waals surface area contributed by atoms with Crippen LogP contribution in [0.2, 0.25) is 0 Å². The standard InChI is InChI=1S/C42H72N4O10/c1-35(2)19-23(39(9,10)43-35)31(47)53-27-17-30(56-34(50)26-22-38(7,8)46(52)42(26,15)16)28(54-32(48)24-20-36(3,4)44-40(24,11)12)18-29(27)55-33(49)25-21-37(5,6)45(51)41(25,13)14/h23-30,43-44,51-52H,17-22H2,1-16H3. The third-order valence-corrected chi connectivity index (χ3v) is 13.8. The summed E-state index contributed by atoms with van der Waals surface area (Å²) in [5.74, 6) is -4.60. The predicted molar refractivity (Wildman–Crippen MR) is 207 cm³/mol. The average molecular weight is 793 g/mol. The van der Waals surface area contributed by atoms with Crippen LogP contribution in [0.5, 0.6) is 0 Å². The van der Waals surface area contributed by atoms with Gasteiger partial charge in [-0.3, -0.25) is 19.2 Å². The third-order valence-electron chi connectivity index (χ3n) is 13.8. The molecule has 5 rings (SSSR count). The summed E-state index contributed by atoms with van der Waals surface area (Å²) in [6.07, 6.45) is -2.75. The van der Waals surface area contributed by atoms with Gasteiger partial charge in [0.2, 0.25) is 0 Å². The molecule has 56 heavy (non-hydrogen) atoms. The molecular weight excluding hydrogens is 720 g/mol. The Kier molecular flexibility index (Phi) is 11.3. The van der Waals surface area contributed by atoms with Crippen molar-refractivity contribution in [3.8, 4) is 0 Å². The minimum atomic E-state index is -1.06. The Morgan fingerprint density at radius 1 is 0.446 bits per heavy atom. The number of hydroxylamine groups is 4. The van der Waals surface area contributed by atoms with E-state index in [0.29, 0.717) is 25.7 Å². The van der Waals surface area contributed by atoms with Crippen LogP contribution in [-0.2, 0) is 38.1 Å². The van der Waals surface area contributed by atoms with E-state index in [4.69, 9.17) is 18.9 Å². The van der Waals surface area contributed by atoms with Crippen LogP contribution in [0.15, 0.2) is 0 Å². The first-order valence-corrected chi connectivity index (χ1v) is 20.5. The molecular formula is C42H72N4O10. The first kappa shape index (κ1) is 44.7. The van der Waals surface area contributed by atoms with Crippen molar-refractivity contribution in [2.45, 2.75) is 218 Å². The highest BCUT2D eigenvalue weighted by molar-refractivity contribution is 5.78. The van der Waals surface area contributed by atoms with Crippen LogP contribution in [-0.4, -0.2) is 113 Å². The Hall–Kier alpha value is -2.36. The number of carbonyl (C=O) groups is 4. The molecule has 14 heteroatoms. The molecule has 0 bridgehead atoms. The minimum absolute atomic E-state index is 0.0970. The first-order chi connectivity index (χ1) is 25.1. The highest BCUT2D eigenvalue weighted by atomic mass is 16.6. The predicted octanol–water partition coefficient (Wildman–Crippen LogP) is 5.30. The van der Waals surface area contributed by atoms with E-state index in [1.165, 1.54) is 10.1 Å². The third kappa shape index (κ3) is 8.39. The molecule has 320 valence electrons. The van der Waals surface area contributed by atoms with Gasteiger partial charge in [-0.05, 0) is 136 Å². The molecule has 0 aromatic heterocycles. The topological polar surface area (TPSA) is 176 Å². The van der Waals surface area contributed by atoms with E-state index in [0.717, 1.165) is 0 Å². The lowest BCUT2D eigenvalue weighted by atomic mass is 9.84. The number of nitrogens with one attached hydrogen (secondary N) is 2. The maximum atomic E-state index is 14.2. The molecule has 1 saturated carbocycles. The molecule has 5 fully saturated rings. The number of nitrogens with zero attached hydrogens (tertiary/aromatic N) is 2. The molecule has 0 spiro atoms. The normalized spacial score (nSPS) is 37.5. The van der Waals surface area contributed by atoms with Gasteiger partial charge in [-0.1, -0.05) is 0 Å². The molecule has 8 atom stereocenters. The van der Waals surface area contributed by atoms with Gasteiger partial charge in [-0.25, -0.2) is 0 Å². The number of carbonyl (C=O) groups excluding carboxylic acids is 4. The van der Waals surface area contributed by atoms with Crippen LogP contribution in [0.1, 0.15) is 149 Å². The lowest BCUT2D eigenvalue weighted by molar-refractivity contribution is -0.214. The zero-order valence-corrected chi connectivity index (χ0v) is 36.9. The average Bonchev–Trinajstić information content (AvgIpc) is 3.54. The summed E-state index contributed by atoms with van der Waals surface area (Å²) in [6, 6.07) is 0. The summed E-state index contributed by atoms with van der Waals surface area (Å²) in [7, 11) is 0. The van der Waals surface area contributed by atoms with Crippen molar-refractivity contribution in [3.63, 3.8) is 0 Å². The highest BCUT2D eigenvalue weighted by Gasteiger charge is 2.59. The van der Waals surface area contributed by atoms with E-state index in [1.807, 2.05) is 83.1 Å². The largest absolute Gasteiger partial charge is 0.458 e. The van der Waals surface area contributed by atoms with E-state index < -0.39 is 105 Å². The Bertz CT molecular complexity index is 1450. The molecule has 0 aromatic rings. The number of ether oxygens (including phenoxy) is 4. The molecule has 4 heterocycles. The second-order valence-corrected chi connectivity index (χ2v) is 22.4. The van der Waals surface area contributed by atoms with Crippen molar-refractivity contribution in [2.24, 2.45) is 23.7 Å². The maximum Gasteiger partial charge on any atom is 0.311 e. The van der Waals surface area contributed by atoms with Crippen molar-refractivity contribution in [2.75, 3.05) is 0 Å². The van der Waals surface area contributed by atoms with Crippen molar-refractivity contribution in [3.05, 3.63) is 0 Å². The van der Waals surface area contributed by atoms with Crippen LogP contribution >= 0.6 is 0 Å². The number of hydrogen-bond acceptors (Lipinski definition) is 14. The van der Waals surface area contributed by atoms with Gasteiger partial charge in [0.25, 0.3) is 0 Å².